The van der Waals surface area contributed by atoms with Gasteiger partial charge in [0, 0.05) is 0 Å². The van der Waals surface area contributed by atoms with E-state index in [1.165, 1.54) is 12.8 Å². The monoisotopic (exact) mass is 273 g/mol. The zero-order valence-electron chi connectivity index (χ0n) is 11.6. The Kier molecular flexibility index (Phi) is 4.03. The van der Waals surface area contributed by atoms with E-state index < -0.39 is 0 Å². The van der Waals surface area contributed by atoms with Crippen LogP contribution in [0.4, 0.5) is 0 Å². The molecule has 1 N–H and O–H groups in total. The lowest BCUT2D eigenvalue weighted by molar-refractivity contribution is -0.0376. The van der Waals surface area contributed by atoms with Gasteiger partial charge in [-0.05, 0) is 47.9 Å². The lowest BCUT2D eigenvalue weighted by Gasteiger charge is -2.18. The molecule has 0 amide bonds. The predicted octanol–water partition coefficient (Wildman–Crippen LogP) is 2.19. The third-order valence-corrected chi connectivity index (χ3v) is 3.70. The summed E-state index contributed by atoms with van der Waals surface area (Å²) in [6.07, 6.45) is 6.81. The van der Waals surface area contributed by atoms with Crippen LogP contribution in [0.25, 0.3) is 5.69 Å². The molecule has 1 unspecified atom stereocenters. The molecule has 1 atom stereocenters. The lowest BCUT2D eigenvalue weighted by Crippen LogP contribution is -2.24. The molecule has 1 saturated carbocycles. The van der Waals surface area contributed by atoms with Gasteiger partial charge in [0.2, 0.25) is 0 Å². The number of rotatable bonds is 5. The zero-order chi connectivity index (χ0) is 13.8. The summed E-state index contributed by atoms with van der Waals surface area (Å²) in [6, 6.07) is 8.24. The molecule has 2 aromatic rings. The summed E-state index contributed by atoms with van der Waals surface area (Å²) < 4.78 is 1.65. The van der Waals surface area contributed by atoms with Gasteiger partial charge < -0.3 is 0 Å². The highest BCUT2D eigenvalue weighted by Crippen LogP contribution is 2.22. The minimum Gasteiger partial charge on any atom is -0.298 e. The second kappa shape index (κ2) is 6.11. The Morgan fingerprint density at radius 2 is 2.20 bits per heavy atom. The average molecular weight is 273 g/mol. The molecule has 1 aromatic heterocycles. The van der Waals surface area contributed by atoms with Crippen LogP contribution in [-0.2, 0) is 4.84 Å². The molecule has 1 fully saturated rings. The van der Waals surface area contributed by atoms with Crippen molar-refractivity contribution in [2.75, 3.05) is 0 Å². The molecule has 0 bridgehead atoms. The van der Waals surface area contributed by atoms with E-state index in [4.69, 9.17) is 4.84 Å². The first-order valence-electron chi connectivity index (χ1n) is 7.07. The van der Waals surface area contributed by atoms with Crippen LogP contribution in [0.5, 0.6) is 0 Å². The smallest absolute Gasteiger partial charge is 0.143 e. The highest BCUT2D eigenvalue weighted by Gasteiger charge is 2.17. The summed E-state index contributed by atoms with van der Waals surface area (Å²) in [5.41, 5.74) is 5.25. The first kappa shape index (κ1) is 13.2. The van der Waals surface area contributed by atoms with Crippen LogP contribution in [0.15, 0.2) is 30.6 Å². The van der Waals surface area contributed by atoms with Gasteiger partial charge in [-0.2, -0.15) is 5.48 Å². The number of nitrogens with zero attached hydrogens (tertiary/aromatic N) is 4. The molecule has 0 aliphatic heterocycles. The van der Waals surface area contributed by atoms with Crippen LogP contribution in [0.3, 0.4) is 0 Å². The minimum absolute atomic E-state index is 0.132. The Hall–Kier alpha value is -1.79. The van der Waals surface area contributed by atoms with Gasteiger partial charge in [0.05, 0.1) is 17.8 Å². The summed E-state index contributed by atoms with van der Waals surface area (Å²) in [5, 5.41) is 11.2. The van der Waals surface area contributed by atoms with Crippen LogP contribution in [-0.4, -0.2) is 26.3 Å². The second-order valence-corrected chi connectivity index (χ2v) is 5.21. The van der Waals surface area contributed by atoms with Gasteiger partial charge in [0.25, 0.3) is 0 Å². The molecule has 6 nitrogen and oxygen atoms in total. The number of hydrogen-bond donors (Lipinski definition) is 1. The van der Waals surface area contributed by atoms with E-state index in [2.05, 4.69) is 40.1 Å². The van der Waals surface area contributed by atoms with Crippen LogP contribution >= 0.6 is 0 Å². The highest BCUT2D eigenvalue weighted by molar-refractivity contribution is 5.35. The zero-order valence-corrected chi connectivity index (χ0v) is 11.6. The Labute approximate surface area is 118 Å². The number of aromatic nitrogens is 4. The van der Waals surface area contributed by atoms with Crippen molar-refractivity contribution in [3.63, 3.8) is 0 Å². The maximum Gasteiger partial charge on any atom is 0.143 e. The van der Waals surface area contributed by atoms with Crippen molar-refractivity contribution in [3.05, 3.63) is 36.2 Å². The van der Waals surface area contributed by atoms with Crippen molar-refractivity contribution in [1.82, 2.24) is 25.7 Å². The first-order chi connectivity index (χ1) is 9.83. The van der Waals surface area contributed by atoms with Crippen molar-refractivity contribution in [2.24, 2.45) is 0 Å². The van der Waals surface area contributed by atoms with Crippen molar-refractivity contribution >= 4 is 0 Å². The molecule has 3 rings (SSSR count). The Morgan fingerprint density at radius 3 is 2.95 bits per heavy atom. The number of tetrazole rings is 1. The molecule has 1 heterocycles. The Morgan fingerprint density at radius 1 is 1.35 bits per heavy atom. The second-order valence-electron chi connectivity index (χ2n) is 5.21. The van der Waals surface area contributed by atoms with Gasteiger partial charge in [-0.25, -0.2) is 4.68 Å². The summed E-state index contributed by atoms with van der Waals surface area (Å²) >= 11 is 0. The van der Waals surface area contributed by atoms with Gasteiger partial charge in [0.15, 0.2) is 0 Å². The van der Waals surface area contributed by atoms with Crippen LogP contribution in [0.1, 0.15) is 44.2 Å². The molecule has 1 aliphatic rings. The normalized spacial score (nSPS) is 17.4. The Balaban J connectivity index is 1.65. The molecular formula is C14H19N5O. The maximum absolute atomic E-state index is 5.75. The largest absolute Gasteiger partial charge is 0.298 e. The standard InChI is InChI=1S/C14H19N5O/c1-11(16-20-14-7-2-3-8-14)12-5-4-6-13(9-12)19-10-15-17-18-19/h4-6,9-11,14,16H,2-3,7-8H2,1H3. The molecule has 0 saturated heterocycles. The van der Waals surface area contributed by atoms with Crippen molar-refractivity contribution < 1.29 is 4.84 Å². The molecule has 1 aromatic carbocycles. The summed E-state index contributed by atoms with van der Waals surface area (Å²) in [7, 11) is 0. The molecule has 106 valence electrons. The molecule has 0 radical (unpaired) electrons. The summed E-state index contributed by atoms with van der Waals surface area (Å²) in [6.45, 7) is 2.09. The highest BCUT2D eigenvalue weighted by atomic mass is 16.7. The van der Waals surface area contributed by atoms with Crippen LogP contribution in [0, 0.1) is 0 Å². The van der Waals surface area contributed by atoms with Crippen LogP contribution in [0.2, 0.25) is 0 Å². The van der Waals surface area contributed by atoms with E-state index in [-0.39, 0.29) is 6.04 Å². The Bertz CT molecular complexity index is 536. The fraction of sp³-hybridized carbons (Fsp3) is 0.500. The van der Waals surface area contributed by atoms with Gasteiger partial charge in [-0.1, -0.05) is 25.0 Å². The van der Waals surface area contributed by atoms with Crippen molar-refractivity contribution in [1.29, 1.82) is 0 Å². The quantitative estimate of drug-likeness (QED) is 0.846. The van der Waals surface area contributed by atoms with Crippen molar-refractivity contribution in [3.8, 4) is 5.69 Å². The van der Waals surface area contributed by atoms with Gasteiger partial charge in [-0.3, -0.25) is 4.84 Å². The van der Waals surface area contributed by atoms with Crippen molar-refractivity contribution in [2.45, 2.75) is 44.8 Å². The number of benzene rings is 1. The SMILES string of the molecule is CC(NOC1CCCC1)c1cccc(-n2cnnn2)c1. The van der Waals surface area contributed by atoms with Gasteiger partial charge in [-0.15, -0.1) is 5.10 Å². The van der Waals surface area contributed by atoms with E-state index in [9.17, 15) is 0 Å². The van der Waals surface area contributed by atoms with Crippen LogP contribution < -0.4 is 5.48 Å². The lowest BCUT2D eigenvalue weighted by atomic mass is 10.1. The molecule has 20 heavy (non-hydrogen) atoms. The fourth-order valence-electron chi connectivity index (χ4n) is 2.49. The van der Waals surface area contributed by atoms with Gasteiger partial charge >= 0.3 is 0 Å². The number of hydrogen-bond acceptors (Lipinski definition) is 5. The number of nitrogens with one attached hydrogen (secondary N) is 1. The van der Waals surface area contributed by atoms with E-state index >= 15 is 0 Å². The topological polar surface area (TPSA) is 64.9 Å². The molecular weight excluding hydrogens is 254 g/mol. The average Bonchev–Trinajstić information content (AvgIpc) is 3.18. The molecule has 1 aliphatic carbocycles. The third kappa shape index (κ3) is 3.02. The molecule has 0 spiro atoms. The predicted molar refractivity (Wildman–Crippen MR) is 74.0 cm³/mol. The number of hydroxylamine groups is 1. The summed E-state index contributed by atoms with van der Waals surface area (Å²) in [5.74, 6) is 0. The van der Waals surface area contributed by atoms with Gasteiger partial charge in [0.1, 0.15) is 6.33 Å². The minimum atomic E-state index is 0.132. The fourth-order valence-corrected chi connectivity index (χ4v) is 2.49. The van der Waals surface area contributed by atoms with E-state index in [1.54, 1.807) is 11.0 Å². The van der Waals surface area contributed by atoms with E-state index in [1.807, 2.05) is 12.1 Å². The summed E-state index contributed by atoms with van der Waals surface area (Å²) in [4.78, 5) is 5.75. The molecule has 6 heteroatoms. The van der Waals surface area contributed by atoms with E-state index in [0.717, 1.165) is 24.1 Å². The maximum atomic E-state index is 5.75. The van der Waals surface area contributed by atoms with E-state index in [0.29, 0.717) is 6.10 Å². The first-order valence-corrected chi connectivity index (χ1v) is 7.07. The third-order valence-electron chi connectivity index (χ3n) is 3.70.